The molecule has 0 radical (unpaired) electrons. The van der Waals surface area contributed by atoms with Gasteiger partial charge in [-0.25, -0.2) is 15.0 Å². The average molecular weight is 495 g/mol. The first kappa shape index (κ1) is 23.0. The summed E-state index contributed by atoms with van der Waals surface area (Å²) in [5.74, 6) is 3.02. The van der Waals surface area contributed by atoms with Crippen molar-refractivity contribution in [3.05, 3.63) is 36.4 Å². The van der Waals surface area contributed by atoms with Crippen molar-refractivity contribution in [1.29, 1.82) is 0 Å². The molecule has 0 saturated heterocycles. The average Bonchev–Trinajstić information content (AvgIpc) is 3.49. The molecule has 0 atom stereocenters. The maximum Gasteiger partial charge on any atom is 0.231 e. The van der Waals surface area contributed by atoms with Crippen molar-refractivity contribution in [2.75, 3.05) is 12.5 Å². The molecule has 0 aliphatic carbocycles. The number of aryl methyl sites for hydroxylation is 2. The number of ether oxygens (including phenoxy) is 2. The summed E-state index contributed by atoms with van der Waals surface area (Å²) >= 11 is 1.41. The van der Waals surface area contributed by atoms with Crippen LogP contribution in [0.2, 0.25) is 0 Å². The van der Waals surface area contributed by atoms with Crippen LogP contribution in [0.3, 0.4) is 0 Å². The number of amides is 1. The van der Waals surface area contributed by atoms with Crippen LogP contribution in [-0.4, -0.2) is 37.8 Å². The second-order valence-corrected chi connectivity index (χ2v) is 10.2. The molecule has 0 spiro atoms. The number of furan rings is 1. The molecule has 182 valence electrons. The lowest BCUT2D eigenvalue weighted by Gasteiger charge is -2.20. The number of imidazole rings is 1. The Hall–Kier alpha value is -3.73. The number of nitrogens with two attached hydrogens (primary N) is 1. The van der Waals surface area contributed by atoms with E-state index in [1.54, 1.807) is 0 Å². The molecule has 1 aliphatic rings. The van der Waals surface area contributed by atoms with Gasteiger partial charge in [0.05, 0.1) is 0 Å². The van der Waals surface area contributed by atoms with Gasteiger partial charge in [0.25, 0.3) is 0 Å². The van der Waals surface area contributed by atoms with Crippen LogP contribution in [0.5, 0.6) is 11.5 Å². The number of hydrogen-bond acceptors (Lipinski definition) is 9. The summed E-state index contributed by atoms with van der Waals surface area (Å²) in [4.78, 5) is 26.6. The van der Waals surface area contributed by atoms with Crippen molar-refractivity contribution in [3.63, 3.8) is 0 Å². The Labute approximate surface area is 206 Å². The molecule has 3 aromatic heterocycles. The van der Waals surface area contributed by atoms with Crippen molar-refractivity contribution in [1.82, 2.24) is 24.8 Å². The zero-order valence-electron chi connectivity index (χ0n) is 19.9. The topological polar surface area (TPSA) is 130 Å². The van der Waals surface area contributed by atoms with Gasteiger partial charge in [0.15, 0.2) is 33.6 Å². The van der Waals surface area contributed by atoms with E-state index in [9.17, 15) is 4.79 Å². The van der Waals surface area contributed by atoms with Crippen LogP contribution >= 0.6 is 11.8 Å². The monoisotopic (exact) mass is 494 g/mol. The van der Waals surface area contributed by atoms with Crippen LogP contribution in [0.4, 0.5) is 5.82 Å². The van der Waals surface area contributed by atoms with E-state index in [1.165, 1.54) is 18.1 Å². The molecule has 35 heavy (non-hydrogen) atoms. The molecule has 0 unspecified atom stereocenters. The van der Waals surface area contributed by atoms with E-state index < -0.39 is 0 Å². The fraction of sp³-hybridized carbons (Fsp3) is 0.333. The summed E-state index contributed by atoms with van der Waals surface area (Å²) in [6.45, 7) is 8.27. The van der Waals surface area contributed by atoms with Gasteiger partial charge in [-0.3, -0.25) is 4.79 Å². The van der Waals surface area contributed by atoms with Crippen molar-refractivity contribution in [2.45, 2.75) is 56.3 Å². The first-order valence-corrected chi connectivity index (χ1v) is 12.0. The molecule has 1 aliphatic heterocycles. The molecule has 3 N–H and O–H groups in total. The van der Waals surface area contributed by atoms with E-state index in [2.05, 4.69) is 15.3 Å². The molecule has 4 heterocycles. The molecule has 1 aromatic carbocycles. The highest BCUT2D eigenvalue weighted by Gasteiger charge is 2.24. The molecular weight excluding hydrogens is 468 g/mol. The number of fused-ring (bicyclic) bond motifs is 2. The number of rotatable bonds is 6. The smallest absolute Gasteiger partial charge is 0.231 e. The highest BCUT2D eigenvalue weighted by atomic mass is 32.2. The summed E-state index contributed by atoms with van der Waals surface area (Å²) in [7, 11) is 0. The number of benzene rings is 1. The van der Waals surface area contributed by atoms with Crippen LogP contribution in [-0.2, 0) is 11.3 Å². The van der Waals surface area contributed by atoms with Gasteiger partial charge in [-0.2, -0.15) is 0 Å². The predicted octanol–water partition coefficient (Wildman–Crippen LogP) is 4.16. The van der Waals surface area contributed by atoms with Crippen molar-refractivity contribution in [3.8, 4) is 22.8 Å². The predicted molar refractivity (Wildman–Crippen MR) is 131 cm³/mol. The lowest BCUT2D eigenvalue weighted by atomic mass is 10.1. The largest absolute Gasteiger partial charge is 0.461 e. The van der Waals surface area contributed by atoms with Gasteiger partial charge in [0, 0.05) is 29.0 Å². The maximum absolute atomic E-state index is 12.5. The van der Waals surface area contributed by atoms with Crippen molar-refractivity contribution in [2.24, 2.45) is 0 Å². The molecule has 0 bridgehead atoms. The normalized spacial score (nSPS) is 12.9. The fourth-order valence-electron chi connectivity index (χ4n) is 3.79. The molecule has 0 saturated carbocycles. The Kier molecular flexibility index (Phi) is 5.79. The van der Waals surface area contributed by atoms with Crippen molar-refractivity contribution >= 4 is 34.7 Å². The number of nitrogens with one attached hydrogen (secondary N) is 1. The van der Waals surface area contributed by atoms with Crippen LogP contribution < -0.4 is 20.5 Å². The summed E-state index contributed by atoms with van der Waals surface area (Å²) in [6.07, 6.45) is 1.66. The lowest BCUT2D eigenvalue weighted by molar-refractivity contribution is -0.122. The minimum Gasteiger partial charge on any atom is -0.461 e. The summed E-state index contributed by atoms with van der Waals surface area (Å²) in [5, 5.41) is 3.62. The quantitative estimate of drug-likeness (QED) is 0.406. The molecule has 4 aromatic rings. The number of hydrogen-bond donors (Lipinski definition) is 2. The minimum atomic E-state index is -0.319. The van der Waals surface area contributed by atoms with Gasteiger partial charge in [-0.15, -0.1) is 0 Å². The van der Waals surface area contributed by atoms with Gasteiger partial charge < -0.3 is 29.5 Å². The van der Waals surface area contributed by atoms with Crippen molar-refractivity contribution < 1.29 is 18.7 Å². The second-order valence-electron chi connectivity index (χ2n) is 9.24. The van der Waals surface area contributed by atoms with Gasteiger partial charge >= 0.3 is 0 Å². The summed E-state index contributed by atoms with van der Waals surface area (Å²) in [5.41, 5.74) is 7.68. The van der Waals surface area contributed by atoms with Gasteiger partial charge in [0.1, 0.15) is 17.8 Å². The highest BCUT2D eigenvalue weighted by molar-refractivity contribution is 7.99. The fourth-order valence-corrected chi connectivity index (χ4v) is 4.84. The SMILES string of the molecule is Cc1ccc(-c2cc3c(cc2Sc2nc4c(N)ncnc4n2CCC(=O)NC(C)(C)C)OCO3)o1. The standard InChI is InChI=1S/C24H26N6O4S/c1-13-5-6-15(34-13)14-9-16-17(33-12-32-16)10-18(14)35-23-28-20-21(25)26-11-27-22(20)30(23)8-7-19(31)29-24(2,3)4/h5-6,9-11H,7-8,12H2,1-4H3,(H,29,31)(H2,25,26,27). The maximum atomic E-state index is 12.5. The molecule has 1 amide bonds. The van der Waals surface area contributed by atoms with E-state index in [-0.39, 0.29) is 30.5 Å². The summed E-state index contributed by atoms with van der Waals surface area (Å²) in [6, 6.07) is 7.64. The third kappa shape index (κ3) is 4.76. The van der Waals surface area contributed by atoms with Crippen LogP contribution in [0.1, 0.15) is 33.0 Å². The third-order valence-electron chi connectivity index (χ3n) is 5.28. The number of carbonyl (C=O) groups excluding carboxylic acids is 1. The zero-order valence-corrected chi connectivity index (χ0v) is 20.7. The van der Waals surface area contributed by atoms with Crippen LogP contribution in [0.25, 0.3) is 22.5 Å². The molecule has 10 nitrogen and oxygen atoms in total. The van der Waals surface area contributed by atoms with Gasteiger partial charge in [-0.1, -0.05) is 11.8 Å². The van der Waals surface area contributed by atoms with E-state index in [0.29, 0.717) is 40.1 Å². The molecular formula is C24H26N6O4S. The molecule has 11 heteroatoms. The molecule has 5 rings (SSSR count). The van der Waals surface area contributed by atoms with Crippen LogP contribution in [0.15, 0.2) is 45.1 Å². The van der Waals surface area contributed by atoms with E-state index >= 15 is 0 Å². The Morgan fingerprint density at radius 1 is 1.20 bits per heavy atom. The Bertz CT molecular complexity index is 1420. The highest BCUT2D eigenvalue weighted by Crippen LogP contribution is 2.45. The molecule has 0 fully saturated rings. The number of anilines is 1. The number of carbonyl (C=O) groups is 1. The van der Waals surface area contributed by atoms with E-state index in [0.717, 1.165) is 16.2 Å². The Morgan fingerprint density at radius 2 is 1.97 bits per heavy atom. The summed E-state index contributed by atoms with van der Waals surface area (Å²) < 4.78 is 19.0. The van der Waals surface area contributed by atoms with Crippen LogP contribution in [0, 0.1) is 6.92 Å². The second kappa shape index (κ2) is 8.81. The van der Waals surface area contributed by atoms with Gasteiger partial charge in [0.2, 0.25) is 12.7 Å². The number of nitrogens with zero attached hydrogens (tertiary/aromatic N) is 4. The minimum absolute atomic E-state index is 0.0628. The Morgan fingerprint density at radius 3 is 2.69 bits per heavy atom. The van der Waals surface area contributed by atoms with Gasteiger partial charge in [-0.05, 0) is 52.0 Å². The third-order valence-corrected chi connectivity index (χ3v) is 6.34. The Balaban J connectivity index is 1.55. The van der Waals surface area contributed by atoms with E-state index in [1.807, 2.05) is 56.5 Å². The number of aromatic nitrogens is 4. The first-order valence-electron chi connectivity index (χ1n) is 11.1. The van der Waals surface area contributed by atoms with E-state index in [4.69, 9.17) is 24.6 Å². The number of nitrogen functional groups attached to an aromatic ring is 1. The zero-order chi connectivity index (χ0) is 24.7. The lowest BCUT2D eigenvalue weighted by Crippen LogP contribution is -2.40. The first-order chi connectivity index (χ1) is 16.7.